The molecule has 1 aliphatic heterocycles. The first kappa shape index (κ1) is 26.2. The Balaban J connectivity index is 1.81. The van der Waals surface area contributed by atoms with Gasteiger partial charge in [-0.3, -0.25) is 9.36 Å². The molecule has 4 aromatic rings. The summed E-state index contributed by atoms with van der Waals surface area (Å²) in [6.45, 7) is 5.90. The van der Waals surface area contributed by atoms with E-state index in [-0.39, 0.29) is 23.5 Å². The van der Waals surface area contributed by atoms with Crippen LogP contribution >= 0.6 is 11.3 Å². The molecule has 1 aliphatic rings. The zero-order valence-corrected chi connectivity index (χ0v) is 22.9. The first-order valence-electron chi connectivity index (χ1n) is 12.6. The Morgan fingerprint density at radius 3 is 2.64 bits per heavy atom. The van der Waals surface area contributed by atoms with Gasteiger partial charge < -0.3 is 19.3 Å². The summed E-state index contributed by atoms with van der Waals surface area (Å²) >= 11 is 1.23. The van der Waals surface area contributed by atoms with Crippen LogP contribution < -0.4 is 24.4 Å². The third kappa shape index (κ3) is 4.70. The molecule has 2 heterocycles. The predicted octanol–water partition coefficient (Wildman–Crippen LogP) is 4.06. The number of carbonyl (C=O) groups excluding carboxylic acids is 1. The van der Waals surface area contributed by atoms with E-state index in [1.54, 1.807) is 43.7 Å². The van der Waals surface area contributed by atoms with Crippen molar-refractivity contribution in [2.45, 2.75) is 26.8 Å². The smallest absolute Gasteiger partial charge is 0.338 e. The number of hydrogen-bond donors (Lipinski definition) is 1. The number of aromatic nitrogens is 1. The average Bonchev–Trinajstić information content (AvgIpc) is 3.23. The van der Waals surface area contributed by atoms with Crippen molar-refractivity contribution < 1.29 is 24.1 Å². The van der Waals surface area contributed by atoms with Crippen molar-refractivity contribution in [1.29, 1.82) is 0 Å². The van der Waals surface area contributed by atoms with Crippen LogP contribution in [0.1, 0.15) is 37.9 Å². The molecule has 0 spiro atoms. The standard InChI is InChI=1S/C30H28N2O6S/c1-5-37-23-15-18(11-13-21(23)33)16-24-28(34)32-27(25(29(35)38-6-2)17(3)31-30(32)39-24)26-20-10-8-7-9-19(20)12-14-22(26)36-4/h7-16,27,33H,5-6H2,1-4H3/b24-16+/t27-/m1/s1. The minimum Gasteiger partial charge on any atom is -0.504 e. The van der Waals surface area contributed by atoms with Gasteiger partial charge in [0.15, 0.2) is 16.3 Å². The molecule has 0 fully saturated rings. The number of benzene rings is 3. The molecule has 3 aromatic carbocycles. The molecule has 1 aromatic heterocycles. The lowest BCUT2D eigenvalue weighted by Gasteiger charge is -2.27. The summed E-state index contributed by atoms with van der Waals surface area (Å²) in [5.41, 5.74) is 1.82. The molecule has 9 heteroatoms. The van der Waals surface area contributed by atoms with Gasteiger partial charge in [-0.2, -0.15) is 0 Å². The van der Waals surface area contributed by atoms with Gasteiger partial charge in [0.25, 0.3) is 5.56 Å². The van der Waals surface area contributed by atoms with Crippen LogP contribution in [0.5, 0.6) is 17.2 Å². The van der Waals surface area contributed by atoms with Gasteiger partial charge in [-0.05, 0) is 61.4 Å². The molecule has 0 saturated heterocycles. The van der Waals surface area contributed by atoms with Crippen LogP contribution in [-0.4, -0.2) is 36.0 Å². The van der Waals surface area contributed by atoms with E-state index in [9.17, 15) is 14.7 Å². The Bertz CT molecular complexity index is 1800. The Morgan fingerprint density at radius 2 is 1.90 bits per heavy atom. The summed E-state index contributed by atoms with van der Waals surface area (Å²) in [5.74, 6) is 0.364. The van der Waals surface area contributed by atoms with Crippen molar-refractivity contribution in [3.8, 4) is 17.2 Å². The molecule has 0 amide bonds. The van der Waals surface area contributed by atoms with E-state index in [0.717, 1.165) is 10.8 Å². The van der Waals surface area contributed by atoms with E-state index in [4.69, 9.17) is 14.2 Å². The number of phenolic OH excluding ortho intramolecular Hbond substituents is 1. The number of ether oxygens (including phenoxy) is 3. The van der Waals surface area contributed by atoms with Crippen molar-refractivity contribution in [1.82, 2.24) is 4.57 Å². The van der Waals surface area contributed by atoms with Gasteiger partial charge in [0, 0.05) is 5.56 Å². The van der Waals surface area contributed by atoms with E-state index in [1.807, 2.05) is 43.3 Å². The monoisotopic (exact) mass is 544 g/mol. The number of carbonyl (C=O) groups is 1. The molecular formula is C30H28N2O6S. The molecule has 0 unspecified atom stereocenters. The average molecular weight is 545 g/mol. The molecule has 5 rings (SSSR count). The molecule has 8 nitrogen and oxygen atoms in total. The molecule has 1 atom stereocenters. The number of rotatable bonds is 7. The highest BCUT2D eigenvalue weighted by Crippen LogP contribution is 2.40. The number of phenols is 1. The van der Waals surface area contributed by atoms with E-state index in [1.165, 1.54) is 17.4 Å². The number of allylic oxidation sites excluding steroid dienone is 1. The quantitative estimate of drug-likeness (QED) is 0.352. The Morgan fingerprint density at radius 1 is 1.10 bits per heavy atom. The fourth-order valence-corrected chi connectivity index (χ4v) is 5.89. The summed E-state index contributed by atoms with van der Waals surface area (Å²) in [4.78, 5) is 32.5. The van der Waals surface area contributed by atoms with Crippen LogP contribution in [-0.2, 0) is 9.53 Å². The molecule has 0 radical (unpaired) electrons. The van der Waals surface area contributed by atoms with Gasteiger partial charge >= 0.3 is 5.97 Å². The van der Waals surface area contributed by atoms with Crippen molar-refractivity contribution >= 4 is 34.2 Å². The summed E-state index contributed by atoms with van der Waals surface area (Å²) < 4.78 is 18.7. The number of methoxy groups -OCH3 is 1. The largest absolute Gasteiger partial charge is 0.504 e. The fourth-order valence-electron chi connectivity index (χ4n) is 4.84. The van der Waals surface area contributed by atoms with E-state index in [0.29, 0.717) is 44.3 Å². The second-order valence-corrected chi connectivity index (χ2v) is 9.87. The van der Waals surface area contributed by atoms with Crippen molar-refractivity contribution in [2.24, 2.45) is 4.99 Å². The van der Waals surface area contributed by atoms with E-state index < -0.39 is 12.0 Å². The number of hydrogen-bond acceptors (Lipinski definition) is 8. The molecule has 0 aliphatic carbocycles. The first-order valence-corrected chi connectivity index (χ1v) is 13.4. The second-order valence-electron chi connectivity index (χ2n) is 8.87. The molecule has 39 heavy (non-hydrogen) atoms. The number of fused-ring (bicyclic) bond motifs is 2. The van der Waals surface area contributed by atoms with Gasteiger partial charge in [-0.25, -0.2) is 9.79 Å². The molecule has 0 saturated carbocycles. The van der Waals surface area contributed by atoms with Gasteiger partial charge in [-0.1, -0.05) is 47.7 Å². The first-order chi connectivity index (χ1) is 18.9. The van der Waals surface area contributed by atoms with Gasteiger partial charge in [-0.15, -0.1) is 0 Å². The zero-order chi connectivity index (χ0) is 27.7. The summed E-state index contributed by atoms with van der Waals surface area (Å²) in [7, 11) is 1.57. The highest BCUT2D eigenvalue weighted by molar-refractivity contribution is 7.07. The maximum Gasteiger partial charge on any atom is 0.338 e. The summed E-state index contributed by atoms with van der Waals surface area (Å²) in [6, 6.07) is 15.7. The second kappa shape index (κ2) is 10.8. The number of aromatic hydroxyl groups is 1. The van der Waals surface area contributed by atoms with Crippen LogP contribution in [0, 0.1) is 0 Å². The van der Waals surface area contributed by atoms with Crippen molar-refractivity contribution in [3.05, 3.63) is 96.7 Å². The third-order valence-corrected chi connectivity index (χ3v) is 7.51. The SMILES string of the molecule is CCOC(=O)C1=C(C)N=c2s/c(=C/c3ccc(O)c(OCC)c3)c(=O)n2[C@H]1c1c(OC)ccc2ccccc12. The number of nitrogens with zero attached hydrogens (tertiary/aromatic N) is 2. The van der Waals surface area contributed by atoms with Gasteiger partial charge in [0.2, 0.25) is 0 Å². The lowest BCUT2D eigenvalue weighted by molar-refractivity contribution is -0.139. The highest BCUT2D eigenvalue weighted by Gasteiger charge is 2.36. The van der Waals surface area contributed by atoms with Crippen LogP contribution in [0.25, 0.3) is 16.8 Å². The lowest BCUT2D eigenvalue weighted by atomic mass is 9.90. The Labute approximate surface area is 228 Å². The van der Waals surface area contributed by atoms with E-state index in [2.05, 4.69) is 4.99 Å². The molecule has 1 N–H and O–H groups in total. The number of thiazole rings is 1. The summed E-state index contributed by atoms with van der Waals surface area (Å²) in [6.07, 6.45) is 1.73. The zero-order valence-electron chi connectivity index (χ0n) is 22.1. The van der Waals surface area contributed by atoms with Gasteiger partial charge in [0.1, 0.15) is 11.8 Å². The lowest BCUT2D eigenvalue weighted by Crippen LogP contribution is -2.40. The van der Waals surface area contributed by atoms with Crippen LogP contribution in [0.2, 0.25) is 0 Å². The van der Waals surface area contributed by atoms with Crippen LogP contribution in [0.15, 0.2) is 75.7 Å². The van der Waals surface area contributed by atoms with Crippen LogP contribution in [0.4, 0.5) is 0 Å². The topological polar surface area (TPSA) is 99.4 Å². The maximum absolute atomic E-state index is 14.0. The van der Waals surface area contributed by atoms with E-state index >= 15 is 0 Å². The number of esters is 1. The van der Waals surface area contributed by atoms with Crippen molar-refractivity contribution in [3.63, 3.8) is 0 Å². The normalized spacial score (nSPS) is 15.2. The van der Waals surface area contributed by atoms with Crippen molar-refractivity contribution in [2.75, 3.05) is 20.3 Å². The minimum absolute atomic E-state index is 0.0215. The molecule has 0 bridgehead atoms. The minimum atomic E-state index is -0.817. The molecular weight excluding hydrogens is 516 g/mol. The Hall–Kier alpha value is -4.37. The fraction of sp³-hybridized carbons (Fsp3) is 0.233. The van der Waals surface area contributed by atoms with Gasteiger partial charge in [0.05, 0.1) is 36.1 Å². The predicted molar refractivity (Wildman–Crippen MR) is 150 cm³/mol. The Kier molecular flexibility index (Phi) is 7.26. The maximum atomic E-state index is 14.0. The summed E-state index contributed by atoms with van der Waals surface area (Å²) in [5, 5.41) is 11.9. The highest BCUT2D eigenvalue weighted by atomic mass is 32.1. The van der Waals surface area contributed by atoms with Crippen LogP contribution in [0.3, 0.4) is 0 Å². The molecule has 200 valence electrons. The third-order valence-electron chi connectivity index (χ3n) is 6.52.